The predicted octanol–water partition coefficient (Wildman–Crippen LogP) is 12.1. The Balaban J connectivity index is 0.000000230. The van der Waals surface area contributed by atoms with E-state index in [1.807, 2.05) is 76.4 Å². The summed E-state index contributed by atoms with van der Waals surface area (Å²) in [5, 5.41) is 1.87. The third-order valence-corrected chi connectivity index (χ3v) is 12.7. The van der Waals surface area contributed by atoms with Gasteiger partial charge in [0.2, 0.25) is 5.71 Å². The SMILES string of the molecule is [2H]C([2H])([2H])c1ccc2c(n1)oc1c(-c3cc(C([2H])(C)C4CC5CCC4CC5)ccn3)[c-]cc(C([2H])([2H])[2H])c12.[2H]C([2H])(c1cc(-c2[c-]cccc2)ncc1[Si](C)(C)C)C(C)(C)C.[Ir]. The Morgan fingerprint density at radius 2 is 1.81 bits per heavy atom. The Hall–Kier alpha value is -3.44. The first-order valence-electron chi connectivity index (χ1n) is 23.0. The molecule has 0 N–H and O–H groups in total. The van der Waals surface area contributed by atoms with E-state index in [-0.39, 0.29) is 48.6 Å². The number of furan rings is 1. The Kier molecular flexibility index (Phi) is 8.58. The van der Waals surface area contributed by atoms with Crippen LogP contribution in [0.1, 0.15) is 100 Å². The van der Waals surface area contributed by atoms with Crippen molar-refractivity contribution in [2.75, 3.05) is 0 Å². The van der Waals surface area contributed by atoms with Crippen LogP contribution >= 0.6 is 0 Å². The molecule has 6 aromatic rings. The van der Waals surface area contributed by atoms with Crippen LogP contribution in [0.25, 0.3) is 44.6 Å². The van der Waals surface area contributed by atoms with Crippen molar-refractivity contribution >= 4 is 35.3 Å². The first-order chi connectivity index (χ1) is 28.3. The van der Waals surface area contributed by atoms with Crippen LogP contribution in [0.15, 0.2) is 77.5 Å². The zero-order valence-electron chi connectivity index (χ0n) is 40.8. The van der Waals surface area contributed by atoms with Crippen LogP contribution in [-0.2, 0) is 26.5 Å². The average molecular weight is 907 g/mol. The summed E-state index contributed by atoms with van der Waals surface area (Å²) < 4.78 is 80.3. The molecule has 53 heavy (non-hydrogen) atoms. The molecule has 1 radical (unpaired) electrons. The zero-order valence-corrected chi connectivity index (χ0v) is 35.2. The van der Waals surface area contributed by atoms with Crippen LogP contribution < -0.4 is 5.19 Å². The van der Waals surface area contributed by atoms with Gasteiger partial charge in [0, 0.05) is 55.9 Å². The van der Waals surface area contributed by atoms with Gasteiger partial charge in [0.1, 0.15) is 0 Å². The molecular weight excluding hydrogens is 843 g/mol. The molecule has 3 saturated carbocycles. The molecule has 3 aliphatic carbocycles. The van der Waals surface area contributed by atoms with Crippen LogP contribution in [0.2, 0.25) is 19.6 Å². The van der Waals surface area contributed by atoms with Gasteiger partial charge in [0.15, 0.2) is 0 Å². The van der Waals surface area contributed by atoms with Crippen LogP contribution in [0.5, 0.6) is 0 Å². The largest absolute Gasteiger partial charge is 0.486 e. The number of rotatable bonds is 6. The molecule has 4 aromatic heterocycles. The normalized spacial score (nSPS) is 22.9. The Morgan fingerprint density at radius 1 is 1.00 bits per heavy atom. The van der Waals surface area contributed by atoms with Crippen molar-refractivity contribution in [3.05, 3.63) is 108 Å². The van der Waals surface area contributed by atoms with Crippen LogP contribution in [-0.4, -0.2) is 23.0 Å². The van der Waals surface area contributed by atoms with Gasteiger partial charge >= 0.3 is 0 Å². The molecule has 6 heteroatoms. The van der Waals surface area contributed by atoms with Gasteiger partial charge in [-0.25, -0.2) is 4.98 Å². The van der Waals surface area contributed by atoms with Crippen molar-refractivity contribution in [1.29, 1.82) is 0 Å². The van der Waals surface area contributed by atoms with E-state index in [0.29, 0.717) is 33.9 Å². The van der Waals surface area contributed by atoms with E-state index < -0.39 is 39.5 Å². The summed E-state index contributed by atoms with van der Waals surface area (Å²) in [6.45, 7) is 9.70. The van der Waals surface area contributed by atoms with Gasteiger partial charge in [-0.15, -0.1) is 53.6 Å². The van der Waals surface area contributed by atoms with Gasteiger partial charge in [-0.05, 0) is 96.3 Å². The summed E-state index contributed by atoms with van der Waals surface area (Å²) in [5.74, 6) is 0.758. The molecule has 0 aliphatic heterocycles. The minimum absolute atomic E-state index is 0. The zero-order chi connectivity index (χ0) is 44.5. The summed E-state index contributed by atoms with van der Waals surface area (Å²) in [7, 11) is -1.70. The van der Waals surface area contributed by atoms with Gasteiger partial charge in [-0.1, -0.05) is 101 Å². The van der Waals surface area contributed by atoms with Gasteiger partial charge in [-0.2, -0.15) is 0 Å². The Labute approximate surface area is 344 Å². The second-order valence-electron chi connectivity index (χ2n) is 16.7. The van der Waals surface area contributed by atoms with Crippen LogP contribution in [0.3, 0.4) is 0 Å². The molecule has 4 heterocycles. The molecule has 2 bridgehead atoms. The number of aromatic nitrogens is 3. The van der Waals surface area contributed by atoms with Gasteiger partial charge in [0.05, 0.1) is 13.7 Å². The van der Waals surface area contributed by atoms with E-state index in [1.54, 1.807) is 12.3 Å². The fourth-order valence-electron chi connectivity index (χ4n) is 8.09. The number of benzene rings is 2. The Morgan fingerprint density at radius 3 is 2.47 bits per heavy atom. The maximum Gasteiger partial charge on any atom is 0.216 e. The summed E-state index contributed by atoms with van der Waals surface area (Å²) in [4.78, 5) is 13.4. The summed E-state index contributed by atoms with van der Waals surface area (Å²) >= 11 is 0. The van der Waals surface area contributed by atoms with Gasteiger partial charge < -0.3 is 14.4 Å². The summed E-state index contributed by atoms with van der Waals surface area (Å²) in [5.41, 5.74) is 4.07. The number of fused-ring (bicyclic) bond motifs is 6. The first kappa shape index (κ1) is 28.9. The minimum Gasteiger partial charge on any atom is -0.486 e. The van der Waals surface area contributed by atoms with E-state index in [2.05, 4.69) is 46.7 Å². The van der Waals surface area contributed by atoms with E-state index in [4.69, 9.17) is 15.4 Å². The quantitative estimate of drug-likeness (QED) is 0.123. The number of hydrogen-bond donors (Lipinski definition) is 0. The maximum atomic E-state index is 9.42. The van der Waals surface area contributed by atoms with Crippen LogP contribution in [0.4, 0.5) is 0 Å². The molecule has 4 nitrogen and oxygen atoms in total. The minimum atomic E-state index is -2.44. The van der Waals surface area contributed by atoms with E-state index >= 15 is 0 Å². The fraction of sp³-hybridized carbons (Fsp3) is 0.426. The van der Waals surface area contributed by atoms with Crippen molar-refractivity contribution in [2.45, 2.75) is 105 Å². The van der Waals surface area contributed by atoms with Crippen molar-refractivity contribution in [1.82, 2.24) is 15.0 Å². The van der Waals surface area contributed by atoms with Gasteiger partial charge in [-0.3, -0.25) is 0 Å². The molecule has 2 aromatic carbocycles. The number of aryl methyl sites for hydroxylation is 2. The summed E-state index contributed by atoms with van der Waals surface area (Å²) in [6.07, 6.45) is 8.15. The molecule has 279 valence electrons. The fourth-order valence-corrected chi connectivity index (χ4v) is 9.48. The third kappa shape index (κ3) is 8.61. The molecule has 9 rings (SSSR count). The molecule has 2 atom stereocenters. The summed E-state index contributed by atoms with van der Waals surface area (Å²) in [6, 6.07) is 24.1. The second-order valence-corrected chi connectivity index (χ2v) is 21.7. The number of pyridine rings is 3. The van der Waals surface area contributed by atoms with E-state index in [9.17, 15) is 1.37 Å². The Bertz CT molecular complexity index is 2550. The van der Waals surface area contributed by atoms with Crippen molar-refractivity contribution in [3.63, 3.8) is 0 Å². The number of hydrogen-bond acceptors (Lipinski definition) is 4. The molecule has 2 unspecified atom stereocenters. The van der Waals surface area contributed by atoms with Crippen molar-refractivity contribution in [3.8, 4) is 22.5 Å². The second kappa shape index (κ2) is 15.7. The smallest absolute Gasteiger partial charge is 0.216 e. The van der Waals surface area contributed by atoms with Gasteiger partial charge in [0.25, 0.3) is 0 Å². The molecule has 3 fully saturated rings. The monoisotopic (exact) mass is 907 g/mol. The molecule has 0 saturated heterocycles. The average Bonchev–Trinajstić information content (AvgIpc) is 3.59. The molecule has 3 aliphatic rings. The predicted molar refractivity (Wildman–Crippen MR) is 220 cm³/mol. The maximum absolute atomic E-state index is 9.42. The van der Waals surface area contributed by atoms with Crippen LogP contribution in [0, 0.1) is 49.0 Å². The molecule has 0 spiro atoms. The number of nitrogens with zero attached hydrogens (tertiary/aromatic N) is 3. The standard InChI is InChI=1S/C28H29N2O.C19H26NSi.Ir/c1-16-4-10-22(27-26(16)23-11-5-17(2)30-28(23)31-27)25-15-21(12-13-29-25)18(3)24-14-19-6-8-20(24)9-7-19;1-19(2,3)13-16-12-17(15-10-8-7-9-11-15)20-14-18(16)21(4,5)6;/h4-5,11-13,15,18-20,24H,6-9,14H2,1-3H3;7-10,12,14H,13H2,1-6H3;/q2*-1;/i1D3,2D3,18D;13D2;. The van der Waals surface area contributed by atoms with Crippen molar-refractivity contribution in [2.24, 2.45) is 23.2 Å². The topological polar surface area (TPSA) is 51.8 Å². The molecule has 0 amide bonds. The van der Waals surface area contributed by atoms with E-state index in [0.717, 1.165) is 34.0 Å². The first-order valence-corrected chi connectivity index (χ1v) is 22.0. The molecular formula is C47H55IrN3OSi-2. The third-order valence-electron chi connectivity index (χ3n) is 10.7. The van der Waals surface area contributed by atoms with Crippen molar-refractivity contribution < 1.29 is 36.9 Å². The van der Waals surface area contributed by atoms with E-state index in [1.165, 1.54) is 37.8 Å².